The van der Waals surface area contributed by atoms with Crippen molar-refractivity contribution < 1.29 is 47.2 Å². The third-order valence-corrected chi connectivity index (χ3v) is 8.66. The van der Waals surface area contributed by atoms with Crippen LogP contribution in [0.5, 0.6) is 0 Å². The molecule has 3 aromatic rings. The first-order valence-corrected chi connectivity index (χ1v) is 16.3. The lowest BCUT2D eigenvalue weighted by Crippen LogP contribution is -2.52. The minimum atomic E-state index is -1.60. The number of esters is 1. The van der Waals surface area contributed by atoms with Gasteiger partial charge in [0.25, 0.3) is 5.91 Å². The van der Waals surface area contributed by atoms with E-state index >= 15 is 8.78 Å². The van der Waals surface area contributed by atoms with Crippen LogP contribution in [-0.2, 0) is 25.6 Å². The van der Waals surface area contributed by atoms with Gasteiger partial charge in [0.15, 0.2) is 6.61 Å². The van der Waals surface area contributed by atoms with Crippen LogP contribution in [0.2, 0.25) is 0 Å². The fraction of sp³-hybridized carbons (Fsp3) is 0.500. The molecule has 11 nitrogen and oxygen atoms in total. The highest BCUT2D eigenvalue weighted by atomic mass is 19.1. The Morgan fingerprint density at radius 3 is 2.36 bits per heavy atom. The highest BCUT2D eigenvalue weighted by Gasteiger charge is 2.48. The van der Waals surface area contributed by atoms with Crippen LogP contribution in [-0.4, -0.2) is 98.3 Å². The normalized spacial score (nSPS) is 17.7. The van der Waals surface area contributed by atoms with Crippen molar-refractivity contribution in [2.45, 2.75) is 72.0 Å². The Hall–Kier alpha value is -4.43. The molecule has 0 radical (unpaired) electrons. The molecule has 1 saturated heterocycles. The van der Waals surface area contributed by atoms with Crippen molar-refractivity contribution in [1.82, 2.24) is 19.4 Å². The third-order valence-electron chi connectivity index (χ3n) is 8.66. The van der Waals surface area contributed by atoms with Gasteiger partial charge in [-0.3, -0.25) is 9.59 Å². The number of aliphatic hydroxyl groups is 2. The molecule has 0 aliphatic carbocycles. The molecule has 4 atom stereocenters. The van der Waals surface area contributed by atoms with Crippen LogP contribution in [0.25, 0.3) is 11.3 Å². The maximum Gasteiger partial charge on any atom is 0.410 e. The summed E-state index contributed by atoms with van der Waals surface area (Å²) in [4.78, 5) is 45.9. The second kappa shape index (κ2) is 15.6. The standard InChI is InChI=1S/C36H45F3N4O7/c1-22(45)49-21-31(47)43(17-24-16-42(18-28(24)39)34(48)50-35(2,3)4)32(36(5,6)30(46)20-44)33-40-29(26-14-25(37)12-13-27(26)38)19-41(33)15-23-10-8-7-9-11-23/h7-14,19,24,28,30,32,44,46H,15-18,20-21H2,1-6H3. The highest BCUT2D eigenvalue weighted by molar-refractivity contribution is 5.80. The van der Waals surface area contributed by atoms with Gasteiger partial charge in [-0.25, -0.2) is 22.9 Å². The van der Waals surface area contributed by atoms with Crippen LogP contribution in [0.15, 0.2) is 54.7 Å². The number of imidazole rings is 1. The van der Waals surface area contributed by atoms with Crippen molar-refractivity contribution in [3.05, 3.63) is 77.8 Å². The summed E-state index contributed by atoms with van der Waals surface area (Å²) in [5.41, 5.74) is -1.64. The summed E-state index contributed by atoms with van der Waals surface area (Å²) in [6.07, 6.45) is -2.32. The van der Waals surface area contributed by atoms with Gasteiger partial charge in [-0.1, -0.05) is 44.2 Å². The molecule has 0 saturated carbocycles. The van der Waals surface area contributed by atoms with Crippen LogP contribution in [0.3, 0.4) is 0 Å². The minimum Gasteiger partial charge on any atom is -0.456 e. The second-order valence-corrected chi connectivity index (χ2v) is 14.1. The molecule has 1 aliphatic rings. The molecular formula is C36H45F3N4O7. The molecule has 2 heterocycles. The summed E-state index contributed by atoms with van der Waals surface area (Å²) >= 11 is 0. The van der Waals surface area contributed by atoms with E-state index in [9.17, 15) is 29.0 Å². The average molecular weight is 703 g/mol. The summed E-state index contributed by atoms with van der Waals surface area (Å²) in [6, 6.07) is 10.7. The first-order valence-electron chi connectivity index (χ1n) is 16.3. The Morgan fingerprint density at radius 1 is 1.06 bits per heavy atom. The van der Waals surface area contributed by atoms with Crippen molar-refractivity contribution in [3.8, 4) is 11.3 Å². The zero-order valence-electron chi connectivity index (χ0n) is 29.1. The van der Waals surface area contributed by atoms with E-state index in [-0.39, 0.29) is 43.3 Å². The van der Waals surface area contributed by atoms with Gasteiger partial charge in [-0.2, -0.15) is 0 Å². The molecule has 2 amide bonds. The lowest BCUT2D eigenvalue weighted by Gasteiger charge is -2.44. The van der Waals surface area contributed by atoms with Gasteiger partial charge in [0.2, 0.25) is 0 Å². The maximum absolute atomic E-state index is 15.8. The number of aliphatic hydroxyl groups excluding tert-OH is 2. The van der Waals surface area contributed by atoms with Crippen molar-refractivity contribution in [3.63, 3.8) is 0 Å². The number of amides is 2. The van der Waals surface area contributed by atoms with E-state index in [1.807, 2.05) is 30.3 Å². The van der Waals surface area contributed by atoms with Gasteiger partial charge in [-0.05, 0) is 44.5 Å². The van der Waals surface area contributed by atoms with Crippen LogP contribution >= 0.6 is 0 Å². The molecule has 4 rings (SSSR count). The molecule has 1 aliphatic heterocycles. The first kappa shape index (κ1) is 38.4. The fourth-order valence-corrected chi connectivity index (χ4v) is 6.00. The van der Waals surface area contributed by atoms with E-state index in [4.69, 9.17) is 14.5 Å². The number of carbonyl (C=O) groups is 3. The summed E-state index contributed by atoms with van der Waals surface area (Å²) in [5.74, 6) is -3.86. The molecule has 0 bridgehead atoms. The number of ether oxygens (including phenoxy) is 2. The monoisotopic (exact) mass is 702 g/mol. The fourth-order valence-electron chi connectivity index (χ4n) is 6.00. The number of rotatable bonds is 12. The lowest BCUT2D eigenvalue weighted by atomic mass is 9.77. The summed E-state index contributed by atoms with van der Waals surface area (Å²) in [7, 11) is 0. The second-order valence-electron chi connectivity index (χ2n) is 14.1. The number of alkyl halides is 1. The largest absolute Gasteiger partial charge is 0.456 e. The number of nitrogens with zero attached hydrogens (tertiary/aromatic N) is 4. The van der Waals surface area contributed by atoms with Gasteiger partial charge in [-0.15, -0.1) is 0 Å². The number of likely N-dealkylation sites (tertiary alicyclic amines) is 1. The van der Waals surface area contributed by atoms with Crippen molar-refractivity contribution in [2.75, 3.05) is 32.8 Å². The van der Waals surface area contributed by atoms with Crippen LogP contribution in [0.4, 0.5) is 18.0 Å². The van der Waals surface area contributed by atoms with E-state index in [1.54, 1.807) is 39.2 Å². The van der Waals surface area contributed by atoms with Gasteiger partial charge < -0.3 is 34.1 Å². The van der Waals surface area contributed by atoms with Crippen LogP contribution in [0, 0.1) is 23.0 Å². The maximum atomic E-state index is 15.8. The zero-order valence-corrected chi connectivity index (χ0v) is 29.1. The Morgan fingerprint density at radius 2 is 1.74 bits per heavy atom. The molecule has 1 aromatic heterocycles. The number of halogens is 3. The molecular weight excluding hydrogens is 657 g/mol. The SMILES string of the molecule is CC(=O)OCC(=O)N(CC1CN(C(=O)OC(C)(C)C)CC1F)C(c1nc(-c2cc(F)ccc2F)cn1Cc1ccccc1)C(C)(C)C(O)CO. The zero-order chi connectivity index (χ0) is 37.0. The molecule has 4 unspecified atom stereocenters. The van der Waals surface area contributed by atoms with E-state index in [0.29, 0.717) is 0 Å². The molecule has 50 heavy (non-hydrogen) atoms. The number of carbonyl (C=O) groups excluding carboxylic acids is 3. The van der Waals surface area contributed by atoms with Gasteiger partial charge in [0, 0.05) is 49.7 Å². The smallest absolute Gasteiger partial charge is 0.410 e. The molecule has 2 N–H and O–H groups in total. The van der Waals surface area contributed by atoms with E-state index < -0.39 is 78.1 Å². The van der Waals surface area contributed by atoms with Crippen molar-refractivity contribution >= 4 is 18.0 Å². The van der Waals surface area contributed by atoms with E-state index in [0.717, 1.165) is 30.7 Å². The Balaban J connectivity index is 1.89. The van der Waals surface area contributed by atoms with E-state index in [1.165, 1.54) is 16.0 Å². The van der Waals surface area contributed by atoms with Gasteiger partial charge in [0.1, 0.15) is 29.2 Å². The average Bonchev–Trinajstić information content (AvgIpc) is 3.62. The molecule has 14 heteroatoms. The lowest BCUT2D eigenvalue weighted by molar-refractivity contribution is -0.155. The Bertz CT molecular complexity index is 1660. The number of hydrogen-bond donors (Lipinski definition) is 2. The van der Waals surface area contributed by atoms with Crippen LogP contribution < -0.4 is 0 Å². The minimum absolute atomic E-state index is 0.0138. The summed E-state index contributed by atoms with van der Waals surface area (Å²) in [6.45, 7) is 7.20. The highest BCUT2D eigenvalue weighted by Crippen LogP contribution is 2.43. The molecule has 0 spiro atoms. The van der Waals surface area contributed by atoms with Gasteiger partial charge >= 0.3 is 12.1 Å². The summed E-state index contributed by atoms with van der Waals surface area (Å²) < 4.78 is 57.4. The van der Waals surface area contributed by atoms with Crippen LogP contribution in [0.1, 0.15) is 59.0 Å². The number of benzene rings is 2. The number of hydrogen-bond acceptors (Lipinski definition) is 8. The topological polar surface area (TPSA) is 134 Å². The quantitative estimate of drug-likeness (QED) is 0.255. The molecule has 2 aromatic carbocycles. The number of aromatic nitrogens is 2. The van der Waals surface area contributed by atoms with E-state index in [2.05, 4.69) is 0 Å². The predicted octanol–water partition coefficient (Wildman–Crippen LogP) is 4.89. The van der Waals surface area contributed by atoms with Crippen molar-refractivity contribution in [1.29, 1.82) is 0 Å². The first-order chi connectivity index (χ1) is 23.4. The third kappa shape index (κ3) is 9.21. The Labute approximate surface area is 289 Å². The molecule has 1 fully saturated rings. The van der Waals surface area contributed by atoms with Crippen molar-refractivity contribution in [2.24, 2.45) is 11.3 Å². The van der Waals surface area contributed by atoms with Gasteiger partial charge in [0.05, 0.1) is 31.0 Å². The summed E-state index contributed by atoms with van der Waals surface area (Å²) in [5, 5.41) is 21.4. The molecule has 272 valence electrons. The Kier molecular flexibility index (Phi) is 12.0. The predicted molar refractivity (Wildman–Crippen MR) is 177 cm³/mol.